The van der Waals surface area contributed by atoms with Gasteiger partial charge >= 0.3 is 0 Å². The van der Waals surface area contributed by atoms with Crippen LogP contribution in [0, 0.1) is 11.8 Å². The van der Waals surface area contributed by atoms with Crippen LogP contribution in [0.25, 0.3) is 0 Å². The fourth-order valence-corrected chi connectivity index (χ4v) is 12.3. The van der Waals surface area contributed by atoms with Gasteiger partial charge in [0.1, 0.15) is 48.9 Å². The Balaban J connectivity index is 0.736. The molecule has 7 aliphatic rings. The molecule has 0 radical (unpaired) electrons. The van der Waals surface area contributed by atoms with Crippen LogP contribution in [0.15, 0.2) is 48.3 Å². The molecule has 0 bridgehead atoms. The molecule has 19 nitrogen and oxygen atoms in total. The Morgan fingerprint density at radius 3 is 1.49 bits per heavy atom. The van der Waals surface area contributed by atoms with Gasteiger partial charge < -0.3 is 65.3 Å². The largest absolute Gasteiger partial charge is 0.491 e. The Bertz CT molecular complexity index is 2430. The average molecular weight is 1070 g/mol. The van der Waals surface area contributed by atoms with Crippen LogP contribution in [-0.4, -0.2) is 161 Å². The molecule has 4 saturated heterocycles. The molecule has 5 aliphatic heterocycles. The van der Waals surface area contributed by atoms with E-state index in [1.807, 2.05) is 48.3 Å². The summed E-state index contributed by atoms with van der Waals surface area (Å²) in [7, 11) is 1.71. The first-order valence-corrected chi connectivity index (χ1v) is 28.7. The summed E-state index contributed by atoms with van der Waals surface area (Å²) in [5.74, 6) is 4.11. The molecule has 0 spiro atoms. The molecule has 77 heavy (non-hydrogen) atoms. The van der Waals surface area contributed by atoms with Gasteiger partial charge in [-0.3, -0.25) is 28.8 Å². The predicted molar refractivity (Wildman–Crippen MR) is 289 cm³/mol. The molecule has 20 heteroatoms. The number of nitrogens with zero attached hydrogens (tertiary/aromatic N) is 2. The molecule has 2 aromatic carbocycles. The number of hydrogen-bond acceptors (Lipinski definition) is 13. The summed E-state index contributed by atoms with van der Waals surface area (Å²) in [5, 5.41) is 18.9. The van der Waals surface area contributed by atoms with Gasteiger partial charge in [-0.25, -0.2) is 0 Å². The van der Waals surface area contributed by atoms with Gasteiger partial charge in [-0.1, -0.05) is 24.3 Å². The molecule has 0 aromatic heterocycles. The standard InChI is InChI=1S/C57H81BN8O11/c1-36(59-3)52(67)62-50(38-20-28-73-29-21-38)56(71)65-26-8-16-46(65)54(69)60-44-14-4-12-42-40(44)10-6-18-48(42)76-34-32-75-33-35-77-49-19-7-11-41-43(49)13-5-15-45(41)61-55(70)47-17-9-27-66(47)57(72)51(39-22-30-74-31-23-39)63-53(68)37(2)64-58-24-25-58/h6-7,10-11,18-19,24-25,36-39,44-47,50-51,59,64H,4-5,8-9,12-17,20-23,26-35H2,1-3H3,(H,60,69)(H,61,70)(H,62,67)(H,63,68)/t36-,37-,44+,45+,46-,47-,50-,51-/m0/s1. The number of benzene rings is 2. The van der Waals surface area contributed by atoms with E-state index in [1.165, 1.54) is 0 Å². The molecule has 6 N–H and O–H groups in total. The molecule has 0 saturated carbocycles. The quantitative estimate of drug-likeness (QED) is 0.0696. The van der Waals surface area contributed by atoms with Gasteiger partial charge in [0.05, 0.1) is 37.4 Å². The fourth-order valence-electron chi connectivity index (χ4n) is 12.3. The summed E-state index contributed by atoms with van der Waals surface area (Å²) in [4.78, 5) is 86.5. The van der Waals surface area contributed by atoms with Gasteiger partial charge in [-0.05, 0) is 157 Å². The number of amides is 6. The molecule has 4 fully saturated rings. The van der Waals surface area contributed by atoms with E-state index >= 15 is 0 Å². The normalized spacial score (nSPS) is 23.9. The topological polar surface area (TPSA) is 227 Å². The zero-order valence-electron chi connectivity index (χ0n) is 45.3. The molecule has 0 unspecified atom stereocenters. The maximum Gasteiger partial charge on any atom is 0.272 e. The van der Waals surface area contributed by atoms with E-state index in [4.69, 9.17) is 23.7 Å². The number of ether oxygens (including phenoxy) is 5. The number of nitrogens with one attached hydrogen (secondary N) is 6. The maximum atomic E-state index is 14.4. The van der Waals surface area contributed by atoms with Crippen LogP contribution >= 0.6 is 0 Å². The minimum atomic E-state index is -0.734. The van der Waals surface area contributed by atoms with Crippen molar-refractivity contribution in [1.29, 1.82) is 0 Å². The Hall–Kier alpha value is -5.54. The van der Waals surface area contributed by atoms with Crippen molar-refractivity contribution in [3.8, 4) is 11.5 Å². The van der Waals surface area contributed by atoms with Crippen molar-refractivity contribution in [3.63, 3.8) is 0 Å². The van der Waals surface area contributed by atoms with Gasteiger partial charge in [-0.2, -0.15) is 0 Å². The molecular formula is C57H81BN8O11. The number of carbonyl (C=O) groups excluding carboxylic acids is 6. The molecule has 8 atom stereocenters. The van der Waals surface area contributed by atoms with Gasteiger partial charge in [0, 0.05) is 39.5 Å². The Morgan fingerprint density at radius 2 is 1.05 bits per heavy atom. The van der Waals surface area contributed by atoms with Crippen molar-refractivity contribution in [3.05, 3.63) is 70.6 Å². The summed E-state index contributed by atoms with van der Waals surface area (Å²) in [6.45, 7) is 8.06. The van der Waals surface area contributed by atoms with E-state index in [0.717, 1.165) is 72.3 Å². The number of likely N-dealkylation sites (N-methyl/N-ethyl adjacent to an activating group) is 1. The molecular weight excluding hydrogens is 983 g/mol. The molecule has 2 aromatic rings. The lowest BCUT2D eigenvalue weighted by Gasteiger charge is -2.36. The third kappa shape index (κ3) is 14.0. The first kappa shape index (κ1) is 56.2. The third-order valence-electron chi connectivity index (χ3n) is 16.9. The van der Waals surface area contributed by atoms with Crippen molar-refractivity contribution >= 4 is 42.3 Å². The summed E-state index contributed by atoms with van der Waals surface area (Å²) in [6, 6.07) is 7.82. The lowest BCUT2D eigenvalue weighted by molar-refractivity contribution is -0.144. The zero-order chi connectivity index (χ0) is 53.8. The van der Waals surface area contributed by atoms with Crippen LogP contribution in [0.2, 0.25) is 0 Å². The summed E-state index contributed by atoms with van der Waals surface area (Å²) < 4.78 is 29.8. The molecule has 5 heterocycles. The average Bonchev–Trinajstić information content (AvgIpc) is 3.88. The van der Waals surface area contributed by atoms with Gasteiger partial charge in [0.15, 0.2) is 0 Å². The van der Waals surface area contributed by atoms with Crippen molar-refractivity contribution in [1.82, 2.24) is 41.6 Å². The molecule has 9 rings (SSSR count). The first-order valence-electron chi connectivity index (χ1n) is 28.7. The molecule has 2 aliphatic carbocycles. The van der Waals surface area contributed by atoms with Gasteiger partial charge in [0.2, 0.25) is 35.4 Å². The SMILES string of the molecule is CN[C@@H](C)C(=O)N[C@H](C(=O)N1CCC[C@H]1C(=O)N[C@@H]1CCCc2c(OCCOCCOc3cccc4c3CCC[C@H]4NC(=O)[C@@H]3CCCN3C(=O)[C@@H](NC(=O)[C@H](C)NB3C=C3)C3CCOCC3)cccc21)C1CCOCC1. The van der Waals surface area contributed by atoms with Crippen LogP contribution in [-0.2, 0) is 55.8 Å². The molecule has 6 amide bonds. The lowest BCUT2D eigenvalue weighted by Crippen LogP contribution is -2.59. The fraction of sp³-hybridized carbons (Fsp3) is 0.649. The predicted octanol–water partition coefficient (Wildman–Crippen LogP) is 3.18. The first-order chi connectivity index (χ1) is 37.5. The minimum Gasteiger partial charge on any atom is -0.491 e. The Labute approximate surface area is 453 Å². The van der Waals surface area contributed by atoms with E-state index < -0.39 is 36.3 Å². The maximum absolute atomic E-state index is 14.4. The van der Waals surface area contributed by atoms with Crippen LogP contribution in [0.1, 0.15) is 125 Å². The van der Waals surface area contributed by atoms with Crippen molar-refractivity contribution < 1.29 is 52.5 Å². The number of fused-ring (bicyclic) bond motifs is 2. The van der Waals surface area contributed by atoms with Crippen LogP contribution in [0.4, 0.5) is 0 Å². The van der Waals surface area contributed by atoms with E-state index in [0.29, 0.717) is 117 Å². The van der Waals surface area contributed by atoms with Crippen molar-refractivity contribution in [2.75, 3.05) is 73.0 Å². The number of carbonyl (C=O) groups is 6. The highest BCUT2D eigenvalue weighted by atomic mass is 16.5. The van der Waals surface area contributed by atoms with Crippen molar-refractivity contribution in [2.45, 2.75) is 152 Å². The Kier molecular flexibility index (Phi) is 19.6. The number of hydrogen-bond donors (Lipinski definition) is 6. The van der Waals surface area contributed by atoms with Gasteiger partial charge in [0.25, 0.3) is 6.85 Å². The second kappa shape index (κ2) is 26.9. The lowest BCUT2D eigenvalue weighted by atomic mass is 9.82. The highest BCUT2D eigenvalue weighted by molar-refractivity contribution is 6.77. The summed E-state index contributed by atoms with van der Waals surface area (Å²) >= 11 is 0. The van der Waals surface area contributed by atoms with E-state index in [9.17, 15) is 28.8 Å². The van der Waals surface area contributed by atoms with E-state index in [-0.39, 0.29) is 66.2 Å². The Morgan fingerprint density at radius 1 is 0.597 bits per heavy atom. The zero-order valence-corrected chi connectivity index (χ0v) is 45.3. The smallest absolute Gasteiger partial charge is 0.272 e. The summed E-state index contributed by atoms with van der Waals surface area (Å²) in [6.07, 6.45) is 10.1. The third-order valence-corrected chi connectivity index (χ3v) is 16.9. The monoisotopic (exact) mass is 1060 g/mol. The number of rotatable bonds is 23. The van der Waals surface area contributed by atoms with E-state index in [1.54, 1.807) is 30.7 Å². The van der Waals surface area contributed by atoms with Crippen molar-refractivity contribution in [2.24, 2.45) is 11.8 Å². The van der Waals surface area contributed by atoms with Crippen LogP contribution in [0.5, 0.6) is 11.5 Å². The van der Waals surface area contributed by atoms with Crippen LogP contribution in [0.3, 0.4) is 0 Å². The van der Waals surface area contributed by atoms with E-state index in [2.05, 4.69) is 31.8 Å². The van der Waals surface area contributed by atoms with Gasteiger partial charge in [-0.15, -0.1) is 12.0 Å². The van der Waals surface area contributed by atoms with Crippen LogP contribution < -0.4 is 41.3 Å². The minimum absolute atomic E-state index is 0.0709. The second-order valence-corrected chi connectivity index (χ2v) is 21.9. The number of likely N-dealkylation sites (tertiary alicyclic amines) is 2. The molecule has 418 valence electrons. The highest BCUT2D eigenvalue weighted by Crippen LogP contribution is 2.38. The highest BCUT2D eigenvalue weighted by Gasteiger charge is 2.44. The second-order valence-electron chi connectivity index (χ2n) is 21.9. The summed E-state index contributed by atoms with van der Waals surface area (Å²) in [5.41, 5.74) is 4.17.